The van der Waals surface area contributed by atoms with Crippen molar-refractivity contribution in [1.82, 2.24) is 0 Å². The highest BCUT2D eigenvalue weighted by Crippen LogP contribution is 2.28. The van der Waals surface area contributed by atoms with E-state index in [4.69, 9.17) is 23.2 Å². The van der Waals surface area contributed by atoms with Gasteiger partial charge in [-0.15, -0.1) is 0 Å². The molecule has 0 spiro atoms. The zero-order valence-corrected chi connectivity index (χ0v) is 12.1. The second kappa shape index (κ2) is 6.69. The Balaban J connectivity index is 2.55. The molecule has 0 unspecified atom stereocenters. The van der Waals surface area contributed by atoms with Crippen LogP contribution in [-0.2, 0) is 22.4 Å². The standard InChI is InChI=1S/C16H12Cl2O2/c17-15(19)9-12-7-4-8-13(14(12)10-16(18)20)11-5-2-1-3-6-11/h1-8H,9-10H2. The van der Waals surface area contributed by atoms with Crippen LogP contribution in [0.25, 0.3) is 11.1 Å². The molecule has 2 aromatic rings. The van der Waals surface area contributed by atoms with E-state index < -0.39 is 10.5 Å². The van der Waals surface area contributed by atoms with Crippen LogP contribution >= 0.6 is 23.2 Å². The van der Waals surface area contributed by atoms with Crippen molar-refractivity contribution in [3.8, 4) is 11.1 Å². The van der Waals surface area contributed by atoms with Crippen molar-refractivity contribution < 1.29 is 9.59 Å². The van der Waals surface area contributed by atoms with Crippen LogP contribution in [0.2, 0.25) is 0 Å². The quantitative estimate of drug-likeness (QED) is 0.783. The number of hydrogen-bond acceptors (Lipinski definition) is 2. The molecule has 0 fully saturated rings. The summed E-state index contributed by atoms with van der Waals surface area (Å²) in [5, 5.41) is -0.921. The SMILES string of the molecule is O=C(Cl)Cc1cccc(-c2ccccc2)c1CC(=O)Cl. The van der Waals surface area contributed by atoms with Gasteiger partial charge in [-0.25, -0.2) is 0 Å². The van der Waals surface area contributed by atoms with Crippen molar-refractivity contribution in [2.24, 2.45) is 0 Å². The molecule has 0 saturated carbocycles. The van der Waals surface area contributed by atoms with Crippen molar-refractivity contribution >= 4 is 33.7 Å². The van der Waals surface area contributed by atoms with E-state index in [1.54, 1.807) is 6.07 Å². The van der Waals surface area contributed by atoms with Gasteiger partial charge in [-0.2, -0.15) is 0 Å². The molecule has 0 bridgehead atoms. The van der Waals surface area contributed by atoms with Gasteiger partial charge in [0, 0.05) is 12.8 Å². The van der Waals surface area contributed by atoms with Crippen LogP contribution in [-0.4, -0.2) is 10.5 Å². The minimum atomic E-state index is -0.461. The first-order valence-electron chi connectivity index (χ1n) is 6.11. The van der Waals surface area contributed by atoms with E-state index in [0.29, 0.717) is 0 Å². The third-order valence-corrected chi connectivity index (χ3v) is 3.27. The topological polar surface area (TPSA) is 34.1 Å². The normalized spacial score (nSPS) is 10.3. The Morgan fingerprint density at radius 2 is 1.45 bits per heavy atom. The summed E-state index contributed by atoms with van der Waals surface area (Å²) in [6.45, 7) is 0. The first-order valence-corrected chi connectivity index (χ1v) is 6.86. The summed E-state index contributed by atoms with van der Waals surface area (Å²) in [6, 6.07) is 15.2. The Bertz CT molecular complexity index is 636. The van der Waals surface area contributed by atoms with Gasteiger partial charge in [0.2, 0.25) is 10.5 Å². The number of hydrogen-bond donors (Lipinski definition) is 0. The highest BCUT2D eigenvalue weighted by atomic mass is 35.5. The average molecular weight is 307 g/mol. The molecule has 0 atom stereocenters. The fourth-order valence-electron chi connectivity index (χ4n) is 2.19. The lowest BCUT2D eigenvalue weighted by Crippen LogP contribution is -2.05. The molecule has 0 aromatic heterocycles. The summed E-state index contributed by atoms with van der Waals surface area (Å²) in [5.41, 5.74) is 3.37. The summed E-state index contributed by atoms with van der Waals surface area (Å²) >= 11 is 11.0. The Morgan fingerprint density at radius 3 is 2.05 bits per heavy atom. The lowest BCUT2D eigenvalue weighted by Gasteiger charge is -2.13. The number of carbonyl (C=O) groups excluding carboxylic acids is 2. The summed E-state index contributed by atoms with van der Waals surface area (Å²) < 4.78 is 0. The maximum absolute atomic E-state index is 11.3. The van der Waals surface area contributed by atoms with Crippen molar-refractivity contribution in [3.05, 3.63) is 59.7 Å². The Labute approximate surface area is 127 Å². The molecule has 0 heterocycles. The first kappa shape index (κ1) is 14.8. The molecule has 0 N–H and O–H groups in total. The lowest BCUT2D eigenvalue weighted by atomic mass is 9.92. The number of benzene rings is 2. The number of halogens is 2. The van der Waals surface area contributed by atoms with Crippen LogP contribution in [0.3, 0.4) is 0 Å². The van der Waals surface area contributed by atoms with E-state index in [0.717, 1.165) is 22.3 Å². The number of carbonyl (C=O) groups is 2. The van der Waals surface area contributed by atoms with Crippen molar-refractivity contribution in [2.45, 2.75) is 12.8 Å². The van der Waals surface area contributed by atoms with E-state index in [1.165, 1.54) is 0 Å². The molecule has 2 rings (SSSR count). The summed E-state index contributed by atoms with van der Waals surface area (Å²) in [7, 11) is 0. The van der Waals surface area contributed by atoms with Gasteiger partial charge in [-0.3, -0.25) is 9.59 Å². The van der Waals surface area contributed by atoms with E-state index in [-0.39, 0.29) is 12.8 Å². The minimum Gasteiger partial charge on any atom is -0.281 e. The van der Waals surface area contributed by atoms with Gasteiger partial charge < -0.3 is 0 Å². The maximum Gasteiger partial charge on any atom is 0.226 e. The third-order valence-electron chi connectivity index (χ3n) is 3.00. The van der Waals surface area contributed by atoms with Gasteiger partial charge in [0.05, 0.1) is 0 Å². The molecule has 0 aliphatic carbocycles. The molecule has 2 nitrogen and oxygen atoms in total. The lowest BCUT2D eigenvalue weighted by molar-refractivity contribution is -0.112. The minimum absolute atomic E-state index is 0.0755. The van der Waals surface area contributed by atoms with Gasteiger partial charge in [-0.05, 0) is 45.5 Å². The van der Waals surface area contributed by atoms with Gasteiger partial charge >= 0.3 is 0 Å². The molecule has 4 heteroatoms. The molecule has 0 saturated heterocycles. The molecule has 0 aliphatic rings. The van der Waals surface area contributed by atoms with Crippen molar-refractivity contribution in [1.29, 1.82) is 0 Å². The summed E-state index contributed by atoms with van der Waals surface area (Å²) in [4.78, 5) is 22.4. The first-order chi connectivity index (χ1) is 9.58. The van der Waals surface area contributed by atoms with Gasteiger partial charge in [0.1, 0.15) is 0 Å². The Morgan fingerprint density at radius 1 is 0.800 bits per heavy atom. The zero-order chi connectivity index (χ0) is 14.5. The molecular weight excluding hydrogens is 295 g/mol. The van der Waals surface area contributed by atoms with Gasteiger partial charge in [0.25, 0.3) is 0 Å². The molecule has 0 radical (unpaired) electrons. The monoisotopic (exact) mass is 306 g/mol. The van der Waals surface area contributed by atoms with Crippen LogP contribution in [0.4, 0.5) is 0 Å². The largest absolute Gasteiger partial charge is 0.281 e. The van der Waals surface area contributed by atoms with E-state index in [9.17, 15) is 9.59 Å². The van der Waals surface area contributed by atoms with Crippen molar-refractivity contribution in [2.75, 3.05) is 0 Å². The Kier molecular flexibility index (Phi) is 4.94. The molecule has 102 valence electrons. The Hall–Kier alpha value is -1.64. The fraction of sp³-hybridized carbons (Fsp3) is 0.125. The highest BCUT2D eigenvalue weighted by molar-refractivity contribution is 6.64. The second-order valence-electron chi connectivity index (χ2n) is 4.37. The van der Waals surface area contributed by atoms with Crippen LogP contribution in [0.5, 0.6) is 0 Å². The molecule has 20 heavy (non-hydrogen) atoms. The molecular formula is C16H12Cl2O2. The second-order valence-corrected chi connectivity index (χ2v) is 5.22. The average Bonchev–Trinajstić information content (AvgIpc) is 2.40. The summed E-state index contributed by atoms with van der Waals surface area (Å²) in [6.07, 6.45) is 0.161. The van der Waals surface area contributed by atoms with E-state index in [1.807, 2.05) is 42.5 Å². The zero-order valence-electron chi connectivity index (χ0n) is 10.6. The molecule has 0 aliphatic heterocycles. The van der Waals surface area contributed by atoms with Gasteiger partial charge in [0.15, 0.2) is 0 Å². The smallest absolute Gasteiger partial charge is 0.226 e. The summed E-state index contributed by atoms with van der Waals surface area (Å²) in [5.74, 6) is 0. The number of rotatable bonds is 5. The van der Waals surface area contributed by atoms with E-state index >= 15 is 0 Å². The van der Waals surface area contributed by atoms with Crippen molar-refractivity contribution in [3.63, 3.8) is 0 Å². The van der Waals surface area contributed by atoms with Crippen LogP contribution in [0, 0.1) is 0 Å². The predicted octanol–water partition coefficient (Wildman–Crippen LogP) is 3.97. The van der Waals surface area contributed by atoms with Crippen LogP contribution < -0.4 is 0 Å². The predicted molar refractivity (Wildman–Crippen MR) is 81.0 cm³/mol. The molecule has 0 amide bonds. The van der Waals surface area contributed by atoms with Crippen LogP contribution in [0.15, 0.2) is 48.5 Å². The molecule has 2 aromatic carbocycles. The van der Waals surface area contributed by atoms with Crippen LogP contribution in [0.1, 0.15) is 11.1 Å². The highest BCUT2D eigenvalue weighted by Gasteiger charge is 2.14. The fourth-order valence-corrected chi connectivity index (χ4v) is 2.46. The maximum atomic E-state index is 11.3. The van der Waals surface area contributed by atoms with Gasteiger partial charge in [-0.1, -0.05) is 48.5 Å². The van der Waals surface area contributed by atoms with E-state index in [2.05, 4.69) is 0 Å². The third kappa shape index (κ3) is 3.69.